The van der Waals surface area contributed by atoms with Crippen molar-refractivity contribution in [3.63, 3.8) is 0 Å². The molecule has 3 N–H and O–H groups in total. The molecule has 2 aromatic carbocycles. The van der Waals surface area contributed by atoms with Crippen LogP contribution in [0.1, 0.15) is 19.4 Å². The van der Waals surface area contributed by atoms with Crippen LogP contribution in [0.2, 0.25) is 0 Å². The van der Waals surface area contributed by atoms with E-state index >= 15 is 0 Å². The topological polar surface area (TPSA) is 102 Å². The van der Waals surface area contributed by atoms with Crippen LogP contribution in [0.3, 0.4) is 0 Å². The fraction of sp³-hybridized carbons (Fsp3) is 0.167. The number of nitrogens with zero attached hydrogens (tertiary/aromatic N) is 1. The van der Waals surface area contributed by atoms with Crippen molar-refractivity contribution >= 4 is 16.5 Å². The van der Waals surface area contributed by atoms with Gasteiger partial charge in [-0.05, 0) is 43.2 Å². The first-order chi connectivity index (χ1) is 11.3. The van der Waals surface area contributed by atoms with Crippen molar-refractivity contribution in [2.45, 2.75) is 19.4 Å². The SMILES string of the molecule is CC(C)(N)c1ccc(-c2ccc3c(=O)[nH]ccc3c2[N+](=O)[O-])cc1. The van der Waals surface area contributed by atoms with Gasteiger partial charge in [0.05, 0.1) is 21.3 Å². The average molecular weight is 323 g/mol. The number of nitrogens with one attached hydrogen (secondary N) is 1. The van der Waals surface area contributed by atoms with Gasteiger partial charge >= 0.3 is 0 Å². The van der Waals surface area contributed by atoms with Crippen LogP contribution in [0.15, 0.2) is 53.5 Å². The smallest absolute Gasteiger partial charge is 0.285 e. The molecule has 1 aromatic heterocycles. The summed E-state index contributed by atoms with van der Waals surface area (Å²) < 4.78 is 0. The Balaban J connectivity index is 2.25. The van der Waals surface area contributed by atoms with E-state index in [9.17, 15) is 14.9 Å². The maximum atomic E-state index is 11.9. The van der Waals surface area contributed by atoms with Gasteiger partial charge in [0, 0.05) is 11.7 Å². The quantitative estimate of drug-likeness (QED) is 0.570. The second-order valence-corrected chi connectivity index (χ2v) is 6.29. The van der Waals surface area contributed by atoms with Crippen LogP contribution in [0.4, 0.5) is 5.69 Å². The van der Waals surface area contributed by atoms with E-state index in [1.54, 1.807) is 18.2 Å². The lowest BCUT2D eigenvalue weighted by Gasteiger charge is -2.19. The third kappa shape index (κ3) is 2.68. The molecule has 0 aliphatic heterocycles. The van der Waals surface area contributed by atoms with Crippen molar-refractivity contribution in [2.75, 3.05) is 0 Å². The normalized spacial score (nSPS) is 11.6. The van der Waals surface area contributed by atoms with Crippen LogP contribution in [0.25, 0.3) is 21.9 Å². The Morgan fingerprint density at radius 3 is 2.29 bits per heavy atom. The van der Waals surface area contributed by atoms with Crippen LogP contribution in [0, 0.1) is 10.1 Å². The van der Waals surface area contributed by atoms with Crippen LogP contribution < -0.4 is 11.3 Å². The summed E-state index contributed by atoms with van der Waals surface area (Å²) in [6.45, 7) is 3.79. The predicted octanol–water partition coefficient (Wildman–Crippen LogP) is 3.30. The summed E-state index contributed by atoms with van der Waals surface area (Å²) in [4.78, 5) is 25.6. The molecule has 0 fully saturated rings. The van der Waals surface area contributed by atoms with Crippen LogP contribution in [-0.4, -0.2) is 9.91 Å². The second kappa shape index (κ2) is 5.58. The lowest BCUT2D eigenvalue weighted by molar-refractivity contribution is -0.382. The van der Waals surface area contributed by atoms with E-state index in [-0.39, 0.29) is 11.2 Å². The fourth-order valence-electron chi connectivity index (χ4n) is 2.76. The molecule has 6 heteroatoms. The molecule has 1 heterocycles. The molecule has 6 nitrogen and oxygen atoms in total. The lowest BCUT2D eigenvalue weighted by atomic mass is 9.92. The summed E-state index contributed by atoms with van der Waals surface area (Å²) in [5.41, 5.74) is 7.28. The number of aromatic nitrogens is 1. The number of fused-ring (bicyclic) bond motifs is 1. The molecule has 0 saturated carbocycles. The van der Waals surface area contributed by atoms with Crippen molar-refractivity contribution < 1.29 is 4.92 Å². The summed E-state index contributed by atoms with van der Waals surface area (Å²) in [5.74, 6) is 0. The molecule has 0 bridgehead atoms. The zero-order valence-electron chi connectivity index (χ0n) is 13.4. The Labute approximate surface area is 138 Å². The number of nitro groups is 1. The number of aromatic amines is 1. The molecule has 3 aromatic rings. The first kappa shape index (κ1) is 15.9. The van der Waals surface area contributed by atoms with Crippen molar-refractivity contribution in [3.05, 3.63) is 74.7 Å². The molecule has 0 atom stereocenters. The monoisotopic (exact) mass is 323 g/mol. The van der Waals surface area contributed by atoms with Gasteiger partial charge in [-0.15, -0.1) is 0 Å². The number of hydrogen-bond donors (Lipinski definition) is 2. The Bertz CT molecular complexity index is 983. The molecule has 0 radical (unpaired) electrons. The zero-order chi connectivity index (χ0) is 17.5. The van der Waals surface area contributed by atoms with Gasteiger partial charge in [-0.25, -0.2) is 0 Å². The van der Waals surface area contributed by atoms with Gasteiger partial charge < -0.3 is 10.7 Å². The maximum absolute atomic E-state index is 11.9. The van der Waals surface area contributed by atoms with Gasteiger partial charge in [-0.1, -0.05) is 24.3 Å². The fourth-order valence-corrected chi connectivity index (χ4v) is 2.76. The number of benzene rings is 2. The van der Waals surface area contributed by atoms with Gasteiger partial charge in [-0.2, -0.15) is 0 Å². The van der Waals surface area contributed by atoms with Gasteiger partial charge in [0.15, 0.2) is 0 Å². The molecule has 0 aliphatic carbocycles. The van der Waals surface area contributed by atoms with E-state index in [1.165, 1.54) is 6.20 Å². The second-order valence-electron chi connectivity index (χ2n) is 6.29. The Morgan fingerprint density at radius 2 is 1.71 bits per heavy atom. The number of H-pyrrole nitrogens is 1. The Morgan fingerprint density at radius 1 is 1.04 bits per heavy atom. The third-order valence-corrected chi connectivity index (χ3v) is 4.05. The third-order valence-electron chi connectivity index (χ3n) is 4.05. The molecule has 0 spiro atoms. The van der Waals surface area contributed by atoms with E-state index in [0.29, 0.717) is 21.9 Å². The molecule has 0 amide bonds. The molecule has 3 rings (SSSR count). The Hall–Kier alpha value is -2.99. The first-order valence-electron chi connectivity index (χ1n) is 7.47. The lowest BCUT2D eigenvalue weighted by Crippen LogP contribution is -2.28. The summed E-state index contributed by atoms with van der Waals surface area (Å²) >= 11 is 0. The molecule has 0 saturated heterocycles. The average Bonchev–Trinajstić information content (AvgIpc) is 2.53. The van der Waals surface area contributed by atoms with Crippen LogP contribution in [0.5, 0.6) is 0 Å². The highest BCUT2D eigenvalue weighted by atomic mass is 16.6. The maximum Gasteiger partial charge on any atom is 0.285 e. The first-order valence-corrected chi connectivity index (χ1v) is 7.47. The van der Waals surface area contributed by atoms with Crippen LogP contribution in [-0.2, 0) is 5.54 Å². The van der Waals surface area contributed by atoms with E-state index in [4.69, 9.17) is 5.73 Å². The van der Waals surface area contributed by atoms with Crippen molar-refractivity contribution in [3.8, 4) is 11.1 Å². The summed E-state index contributed by atoms with van der Waals surface area (Å²) in [6.07, 6.45) is 1.42. The van der Waals surface area contributed by atoms with Gasteiger partial charge in [0.2, 0.25) is 0 Å². The number of pyridine rings is 1. The van der Waals surface area contributed by atoms with Gasteiger partial charge in [0.25, 0.3) is 11.2 Å². The number of hydrogen-bond acceptors (Lipinski definition) is 4. The summed E-state index contributed by atoms with van der Waals surface area (Å²) in [7, 11) is 0. The minimum Gasteiger partial charge on any atom is -0.329 e. The van der Waals surface area contributed by atoms with E-state index in [1.807, 2.05) is 38.1 Å². The van der Waals surface area contributed by atoms with Gasteiger partial charge in [-0.3, -0.25) is 14.9 Å². The summed E-state index contributed by atoms with van der Waals surface area (Å²) in [6, 6.07) is 12.1. The number of rotatable bonds is 3. The van der Waals surface area contributed by atoms with Crippen molar-refractivity contribution in [1.29, 1.82) is 0 Å². The van der Waals surface area contributed by atoms with E-state index in [2.05, 4.69) is 4.98 Å². The van der Waals surface area contributed by atoms with Gasteiger partial charge in [0.1, 0.15) is 0 Å². The Kier molecular flexibility index (Phi) is 3.69. The minimum atomic E-state index is -0.485. The zero-order valence-corrected chi connectivity index (χ0v) is 13.4. The molecule has 0 aliphatic rings. The minimum absolute atomic E-state index is 0.0710. The standard InChI is InChI=1S/C18H17N3O3/c1-18(2,19)12-5-3-11(4-6-12)13-7-8-15-14(16(13)21(23)24)9-10-20-17(15)22/h3-10H,19H2,1-2H3,(H,20,22). The number of nitrogens with two attached hydrogens (primary N) is 1. The van der Waals surface area contributed by atoms with E-state index in [0.717, 1.165) is 5.56 Å². The van der Waals surface area contributed by atoms with Crippen molar-refractivity contribution in [2.24, 2.45) is 5.73 Å². The summed E-state index contributed by atoms with van der Waals surface area (Å²) in [5, 5.41) is 12.2. The van der Waals surface area contributed by atoms with Crippen LogP contribution >= 0.6 is 0 Å². The number of nitro benzene ring substituents is 1. The highest BCUT2D eigenvalue weighted by Gasteiger charge is 2.21. The molecule has 24 heavy (non-hydrogen) atoms. The molecule has 122 valence electrons. The molecular weight excluding hydrogens is 306 g/mol. The van der Waals surface area contributed by atoms with Crippen molar-refractivity contribution in [1.82, 2.24) is 4.98 Å². The molecule has 0 unspecified atom stereocenters. The highest BCUT2D eigenvalue weighted by molar-refractivity contribution is 5.97. The van der Waals surface area contributed by atoms with E-state index < -0.39 is 10.5 Å². The highest BCUT2D eigenvalue weighted by Crippen LogP contribution is 2.35. The largest absolute Gasteiger partial charge is 0.329 e. The predicted molar refractivity (Wildman–Crippen MR) is 93.9 cm³/mol. The molecular formula is C18H17N3O3.